The van der Waals surface area contributed by atoms with Gasteiger partial charge in [0.1, 0.15) is 5.75 Å². The van der Waals surface area contributed by atoms with Crippen LogP contribution in [0.5, 0.6) is 5.75 Å². The summed E-state index contributed by atoms with van der Waals surface area (Å²) in [6.07, 6.45) is 1.41. The van der Waals surface area contributed by atoms with Gasteiger partial charge in [-0.05, 0) is 36.1 Å². The quantitative estimate of drug-likeness (QED) is 0.885. The molecule has 1 aliphatic carbocycles. The van der Waals surface area contributed by atoms with E-state index >= 15 is 0 Å². The fourth-order valence-electron chi connectivity index (χ4n) is 2.23. The molecule has 0 radical (unpaired) electrons. The number of benzene rings is 1. The van der Waals surface area contributed by atoms with Crippen molar-refractivity contribution in [3.63, 3.8) is 0 Å². The van der Waals surface area contributed by atoms with Crippen LogP contribution in [-0.2, 0) is 11.2 Å². The summed E-state index contributed by atoms with van der Waals surface area (Å²) in [7, 11) is 3.27. The number of amides is 2. The van der Waals surface area contributed by atoms with E-state index in [0.717, 1.165) is 18.4 Å². The van der Waals surface area contributed by atoms with Gasteiger partial charge < -0.3 is 15.0 Å². The Morgan fingerprint density at radius 1 is 1.37 bits per heavy atom. The lowest BCUT2D eigenvalue weighted by atomic mass is 10.1. The van der Waals surface area contributed by atoms with E-state index in [9.17, 15) is 9.59 Å². The number of nitrogens with one attached hydrogen (secondary N) is 1. The maximum absolute atomic E-state index is 11.5. The first-order chi connectivity index (χ1) is 8.97. The molecule has 0 aliphatic heterocycles. The molecule has 0 saturated heterocycles. The number of aryl methyl sites for hydroxylation is 1. The van der Waals surface area contributed by atoms with Crippen molar-refractivity contribution >= 4 is 12.0 Å². The standard InChI is InChI=1S/C14H18N2O3/c1-9(17)15-13-7-5-10-4-6-11(8-12(10)13)19-14(18)16(2)3/h4,6,8,13H,5,7H2,1-3H3,(H,15,17). The Balaban J connectivity index is 2.18. The second-order valence-electron chi connectivity index (χ2n) is 4.91. The van der Waals surface area contributed by atoms with Gasteiger partial charge in [0.2, 0.25) is 5.91 Å². The van der Waals surface area contributed by atoms with Gasteiger partial charge in [-0.25, -0.2) is 4.79 Å². The average Bonchev–Trinajstić information content (AvgIpc) is 2.71. The van der Waals surface area contributed by atoms with Crippen LogP contribution in [0.15, 0.2) is 18.2 Å². The van der Waals surface area contributed by atoms with Crippen LogP contribution < -0.4 is 10.1 Å². The lowest BCUT2D eigenvalue weighted by molar-refractivity contribution is -0.119. The molecule has 2 rings (SSSR count). The second kappa shape index (κ2) is 5.30. The molecule has 0 bridgehead atoms. The molecule has 102 valence electrons. The Kier molecular flexibility index (Phi) is 3.74. The van der Waals surface area contributed by atoms with E-state index in [0.29, 0.717) is 5.75 Å². The molecular formula is C14H18N2O3. The van der Waals surface area contributed by atoms with Crippen LogP contribution in [0.3, 0.4) is 0 Å². The maximum atomic E-state index is 11.5. The molecule has 0 fully saturated rings. The van der Waals surface area contributed by atoms with Crippen molar-refractivity contribution in [1.29, 1.82) is 0 Å². The molecule has 0 heterocycles. The van der Waals surface area contributed by atoms with Gasteiger partial charge in [0.25, 0.3) is 0 Å². The number of hydrogen-bond donors (Lipinski definition) is 1. The topological polar surface area (TPSA) is 58.6 Å². The van der Waals surface area contributed by atoms with Crippen molar-refractivity contribution in [2.75, 3.05) is 14.1 Å². The largest absolute Gasteiger partial charge is 0.414 e. The Labute approximate surface area is 112 Å². The predicted octanol–water partition coefficient (Wildman–Crippen LogP) is 1.87. The summed E-state index contributed by atoms with van der Waals surface area (Å²) in [6.45, 7) is 1.51. The van der Waals surface area contributed by atoms with Gasteiger partial charge in [0, 0.05) is 21.0 Å². The van der Waals surface area contributed by atoms with Gasteiger partial charge in [0.15, 0.2) is 0 Å². The predicted molar refractivity (Wildman–Crippen MR) is 71.0 cm³/mol. The number of fused-ring (bicyclic) bond motifs is 1. The summed E-state index contributed by atoms with van der Waals surface area (Å²) < 4.78 is 5.23. The fraction of sp³-hybridized carbons (Fsp3) is 0.429. The van der Waals surface area contributed by atoms with E-state index in [-0.39, 0.29) is 11.9 Å². The van der Waals surface area contributed by atoms with Crippen LogP contribution in [0, 0.1) is 0 Å². The van der Waals surface area contributed by atoms with Gasteiger partial charge in [-0.3, -0.25) is 4.79 Å². The molecule has 1 N–H and O–H groups in total. The van der Waals surface area contributed by atoms with Gasteiger partial charge in [-0.2, -0.15) is 0 Å². The smallest absolute Gasteiger partial charge is 0.410 e. The summed E-state index contributed by atoms with van der Waals surface area (Å²) in [5.41, 5.74) is 2.24. The third-order valence-corrected chi connectivity index (χ3v) is 3.14. The number of hydrogen-bond acceptors (Lipinski definition) is 3. The molecule has 0 saturated carbocycles. The zero-order valence-electron chi connectivity index (χ0n) is 11.4. The van der Waals surface area contributed by atoms with Crippen LogP contribution in [0.1, 0.15) is 30.5 Å². The Morgan fingerprint density at radius 2 is 2.11 bits per heavy atom. The highest BCUT2D eigenvalue weighted by Gasteiger charge is 2.24. The van der Waals surface area contributed by atoms with Gasteiger partial charge in [-0.1, -0.05) is 6.07 Å². The molecule has 0 aromatic heterocycles. The van der Waals surface area contributed by atoms with E-state index < -0.39 is 6.09 Å². The normalized spacial score (nSPS) is 16.7. The first kappa shape index (κ1) is 13.4. The maximum Gasteiger partial charge on any atom is 0.414 e. The van der Waals surface area contributed by atoms with Crippen LogP contribution in [0.4, 0.5) is 4.79 Å². The van der Waals surface area contributed by atoms with Crippen molar-refractivity contribution in [3.05, 3.63) is 29.3 Å². The summed E-state index contributed by atoms with van der Waals surface area (Å²) in [4.78, 5) is 24.0. The first-order valence-corrected chi connectivity index (χ1v) is 6.26. The fourth-order valence-corrected chi connectivity index (χ4v) is 2.23. The van der Waals surface area contributed by atoms with E-state index in [1.807, 2.05) is 12.1 Å². The second-order valence-corrected chi connectivity index (χ2v) is 4.91. The molecule has 5 nitrogen and oxygen atoms in total. The number of ether oxygens (including phenoxy) is 1. The molecular weight excluding hydrogens is 244 g/mol. The van der Waals surface area contributed by atoms with E-state index in [1.165, 1.54) is 17.4 Å². The number of carbonyl (C=O) groups is 2. The van der Waals surface area contributed by atoms with E-state index in [1.54, 1.807) is 20.2 Å². The number of rotatable bonds is 2. The minimum atomic E-state index is -0.408. The summed E-state index contributed by atoms with van der Waals surface area (Å²) in [6, 6.07) is 5.60. The van der Waals surface area contributed by atoms with Crippen molar-refractivity contribution in [2.24, 2.45) is 0 Å². The highest BCUT2D eigenvalue weighted by atomic mass is 16.6. The zero-order chi connectivity index (χ0) is 14.0. The highest BCUT2D eigenvalue weighted by Crippen LogP contribution is 2.33. The molecule has 1 atom stereocenters. The number of carbonyl (C=O) groups excluding carboxylic acids is 2. The summed E-state index contributed by atoms with van der Waals surface area (Å²) in [5.74, 6) is 0.461. The molecule has 0 spiro atoms. The van der Waals surface area contributed by atoms with Crippen molar-refractivity contribution in [2.45, 2.75) is 25.8 Å². The minimum Gasteiger partial charge on any atom is -0.410 e. The van der Waals surface area contributed by atoms with E-state index in [4.69, 9.17) is 4.74 Å². The first-order valence-electron chi connectivity index (χ1n) is 6.26. The summed E-state index contributed by atoms with van der Waals surface area (Å²) in [5, 5.41) is 2.91. The number of nitrogens with zero attached hydrogens (tertiary/aromatic N) is 1. The van der Waals surface area contributed by atoms with Gasteiger partial charge in [-0.15, -0.1) is 0 Å². The van der Waals surface area contributed by atoms with E-state index in [2.05, 4.69) is 5.32 Å². The molecule has 1 aromatic rings. The van der Waals surface area contributed by atoms with Crippen LogP contribution >= 0.6 is 0 Å². The Hall–Kier alpha value is -2.04. The van der Waals surface area contributed by atoms with Crippen molar-refractivity contribution in [3.8, 4) is 5.75 Å². The highest BCUT2D eigenvalue weighted by molar-refractivity contribution is 5.74. The van der Waals surface area contributed by atoms with Crippen LogP contribution in [0.25, 0.3) is 0 Å². The Bertz CT molecular complexity index is 511. The lowest BCUT2D eigenvalue weighted by Gasteiger charge is -2.15. The molecule has 1 aliphatic rings. The van der Waals surface area contributed by atoms with Crippen molar-refractivity contribution < 1.29 is 14.3 Å². The molecule has 2 amide bonds. The Morgan fingerprint density at radius 3 is 2.74 bits per heavy atom. The third-order valence-electron chi connectivity index (χ3n) is 3.14. The lowest BCUT2D eigenvalue weighted by Crippen LogP contribution is -2.26. The molecule has 1 aromatic carbocycles. The molecule has 1 unspecified atom stereocenters. The monoisotopic (exact) mass is 262 g/mol. The van der Waals surface area contributed by atoms with Crippen LogP contribution in [0.2, 0.25) is 0 Å². The van der Waals surface area contributed by atoms with Gasteiger partial charge >= 0.3 is 6.09 Å². The van der Waals surface area contributed by atoms with Crippen LogP contribution in [-0.4, -0.2) is 31.0 Å². The molecule has 19 heavy (non-hydrogen) atoms. The molecule has 5 heteroatoms. The zero-order valence-corrected chi connectivity index (χ0v) is 11.4. The SMILES string of the molecule is CC(=O)NC1CCc2ccc(OC(=O)N(C)C)cc21. The summed E-state index contributed by atoms with van der Waals surface area (Å²) >= 11 is 0. The average molecular weight is 262 g/mol. The third kappa shape index (κ3) is 3.05. The minimum absolute atomic E-state index is 0.0190. The van der Waals surface area contributed by atoms with Gasteiger partial charge in [0.05, 0.1) is 6.04 Å². The van der Waals surface area contributed by atoms with Crippen molar-refractivity contribution in [1.82, 2.24) is 10.2 Å².